The number of hydrogen-bond donors (Lipinski definition) is 1. The van der Waals surface area contributed by atoms with Gasteiger partial charge in [-0.1, -0.05) is 30.5 Å². The average molecular weight is 451 g/mol. The van der Waals surface area contributed by atoms with E-state index >= 15 is 0 Å². The summed E-state index contributed by atoms with van der Waals surface area (Å²) >= 11 is 6.21. The fourth-order valence-electron chi connectivity index (χ4n) is 3.60. The number of fused-ring (bicyclic) bond motifs is 1. The van der Waals surface area contributed by atoms with E-state index in [0.717, 1.165) is 31.2 Å². The summed E-state index contributed by atoms with van der Waals surface area (Å²) < 4.78 is 38.2. The third-order valence-electron chi connectivity index (χ3n) is 5.28. The van der Waals surface area contributed by atoms with Gasteiger partial charge >= 0.3 is 0 Å². The number of carbonyl (C=O) groups excluding carboxylic acids is 1. The van der Waals surface area contributed by atoms with Crippen molar-refractivity contribution in [2.75, 3.05) is 19.9 Å². The van der Waals surface area contributed by atoms with E-state index in [0.29, 0.717) is 24.6 Å². The number of halogens is 1. The van der Waals surface area contributed by atoms with Crippen molar-refractivity contribution in [2.45, 2.75) is 37.1 Å². The summed E-state index contributed by atoms with van der Waals surface area (Å²) in [4.78, 5) is 12.8. The van der Waals surface area contributed by atoms with Gasteiger partial charge in [0.2, 0.25) is 16.8 Å². The molecule has 0 saturated carbocycles. The third-order valence-corrected chi connectivity index (χ3v) is 7.50. The van der Waals surface area contributed by atoms with E-state index < -0.39 is 15.9 Å². The van der Waals surface area contributed by atoms with Crippen molar-refractivity contribution in [3.05, 3.63) is 52.5 Å². The summed E-state index contributed by atoms with van der Waals surface area (Å²) in [6.07, 6.45) is 3.74. The molecule has 0 aromatic heterocycles. The third kappa shape index (κ3) is 4.40. The lowest BCUT2D eigenvalue weighted by atomic mass is 10.1. The van der Waals surface area contributed by atoms with Crippen molar-refractivity contribution in [1.82, 2.24) is 9.62 Å². The maximum absolute atomic E-state index is 13.0. The van der Waals surface area contributed by atoms with Gasteiger partial charge in [0.1, 0.15) is 0 Å². The topological polar surface area (TPSA) is 84.9 Å². The molecule has 2 aliphatic heterocycles. The van der Waals surface area contributed by atoms with Crippen molar-refractivity contribution < 1.29 is 22.7 Å². The Bertz CT molecular complexity index is 1050. The number of hydrogen-bond acceptors (Lipinski definition) is 5. The molecule has 0 atom stereocenters. The molecule has 1 saturated heterocycles. The molecule has 2 aromatic carbocycles. The Morgan fingerprint density at radius 2 is 1.73 bits per heavy atom. The van der Waals surface area contributed by atoms with Crippen LogP contribution in [0.2, 0.25) is 5.02 Å². The Morgan fingerprint density at radius 3 is 2.50 bits per heavy atom. The Kier molecular flexibility index (Phi) is 6.17. The summed E-state index contributed by atoms with van der Waals surface area (Å²) in [6, 6.07) is 9.68. The smallest absolute Gasteiger partial charge is 0.253 e. The number of ether oxygens (including phenoxy) is 2. The van der Waals surface area contributed by atoms with Gasteiger partial charge in [0.05, 0.1) is 15.5 Å². The van der Waals surface area contributed by atoms with Crippen molar-refractivity contribution in [3.8, 4) is 11.5 Å². The minimum absolute atomic E-state index is 0.0852. The average Bonchev–Trinajstić information content (AvgIpc) is 3.02. The molecule has 4 rings (SSSR count). The molecule has 0 unspecified atom stereocenters. The van der Waals surface area contributed by atoms with Crippen molar-refractivity contribution in [2.24, 2.45) is 0 Å². The van der Waals surface area contributed by atoms with E-state index in [1.807, 2.05) is 6.07 Å². The number of amides is 1. The van der Waals surface area contributed by atoms with E-state index in [1.54, 1.807) is 12.1 Å². The first-order valence-electron chi connectivity index (χ1n) is 9.91. The van der Waals surface area contributed by atoms with Crippen LogP contribution in [-0.2, 0) is 16.6 Å². The summed E-state index contributed by atoms with van der Waals surface area (Å²) in [5.41, 5.74) is 0.963. The number of carbonyl (C=O) groups is 1. The van der Waals surface area contributed by atoms with Gasteiger partial charge in [-0.15, -0.1) is 0 Å². The monoisotopic (exact) mass is 450 g/mol. The molecule has 1 N–H and O–H groups in total. The van der Waals surface area contributed by atoms with Gasteiger partial charge in [-0.2, -0.15) is 4.31 Å². The highest BCUT2D eigenvalue weighted by Crippen LogP contribution is 2.32. The van der Waals surface area contributed by atoms with Crippen LogP contribution in [0.4, 0.5) is 0 Å². The minimum Gasteiger partial charge on any atom is -0.454 e. The van der Waals surface area contributed by atoms with Crippen LogP contribution in [0.5, 0.6) is 11.5 Å². The molecular weight excluding hydrogens is 428 g/mol. The van der Waals surface area contributed by atoms with Crippen LogP contribution in [0, 0.1) is 0 Å². The molecule has 0 spiro atoms. The highest BCUT2D eigenvalue weighted by Gasteiger charge is 2.26. The van der Waals surface area contributed by atoms with Crippen LogP contribution in [0.1, 0.15) is 41.6 Å². The lowest BCUT2D eigenvalue weighted by molar-refractivity contribution is 0.0950. The first-order valence-corrected chi connectivity index (χ1v) is 11.7. The molecule has 1 amide bonds. The Hall–Kier alpha value is -2.29. The summed E-state index contributed by atoms with van der Waals surface area (Å²) in [5.74, 6) is 0.857. The molecule has 2 aromatic rings. The predicted molar refractivity (Wildman–Crippen MR) is 112 cm³/mol. The van der Waals surface area contributed by atoms with Crippen LogP contribution in [-0.4, -0.2) is 38.5 Å². The Labute approximate surface area is 181 Å². The molecule has 160 valence electrons. The molecule has 0 radical (unpaired) electrons. The second kappa shape index (κ2) is 8.83. The van der Waals surface area contributed by atoms with Crippen LogP contribution in [0.15, 0.2) is 41.3 Å². The molecule has 0 aliphatic carbocycles. The van der Waals surface area contributed by atoms with E-state index in [9.17, 15) is 13.2 Å². The van der Waals surface area contributed by atoms with Gasteiger partial charge in [0.25, 0.3) is 5.91 Å². The number of rotatable bonds is 5. The van der Waals surface area contributed by atoms with Crippen LogP contribution < -0.4 is 14.8 Å². The number of nitrogens with zero attached hydrogens (tertiary/aromatic N) is 1. The first-order chi connectivity index (χ1) is 14.4. The minimum atomic E-state index is -3.67. The van der Waals surface area contributed by atoms with Gasteiger partial charge in [0.15, 0.2) is 11.5 Å². The van der Waals surface area contributed by atoms with Crippen molar-refractivity contribution in [1.29, 1.82) is 0 Å². The molecule has 0 bridgehead atoms. The van der Waals surface area contributed by atoms with Crippen LogP contribution in [0.3, 0.4) is 0 Å². The largest absolute Gasteiger partial charge is 0.454 e. The normalized spacial score (nSPS) is 16.8. The number of nitrogens with one attached hydrogen (secondary N) is 1. The standard InChI is InChI=1S/C21H23ClN2O5S/c22-18-7-6-16(30(26,27)24-9-3-1-2-4-10-24)12-17(18)21(25)23-13-15-5-8-19-20(11-15)29-14-28-19/h5-8,11-12H,1-4,9-10,13-14H2,(H,23,25). The summed E-state index contributed by atoms with van der Waals surface area (Å²) in [7, 11) is -3.67. The van der Waals surface area contributed by atoms with Gasteiger partial charge < -0.3 is 14.8 Å². The quantitative estimate of drug-likeness (QED) is 0.752. The lowest BCUT2D eigenvalue weighted by Gasteiger charge is -2.20. The zero-order chi connectivity index (χ0) is 21.1. The van der Waals surface area contributed by atoms with Gasteiger partial charge in [-0.3, -0.25) is 4.79 Å². The van der Waals surface area contributed by atoms with Crippen molar-refractivity contribution >= 4 is 27.5 Å². The Balaban J connectivity index is 1.50. The number of benzene rings is 2. The lowest BCUT2D eigenvalue weighted by Crippen LogP contribution is -2.32. The van der Waals surface area contributed by atoms with E-state index in [-0.39, 0.29) is 28.8 Å². The predicted octanol–water partition coefficient (Wildman–Crippen LogP) is 3.56. The fraction of sp³-hybridized carbons (Fsp3) is 0.381. The van der Waals surface area contributed by atoms with E-state index in [2.05, 4.69) is 5.32 Å². The maximum Gasteiger partial charge on any atom is 0.253 e. The zero-order valence-electron chi connectivity index (χ0n) is 16.4. The van der Waals surface area contributed by atoms with E-state index in [4.69, 9.17) is 21.1 Å². The van der Waals surface area contributed by atoms with Crippen LogP contribution in [0.25, 0.3) is 0 Å². The summed E-state index contributed by atoms with van der Waals surface area (Å²) in [6.45, 7) is 1.42. The van der Waals surface area contributed by atoms with Gasteiger partial charge in [-0.25, -0.2) is 8.42 Å². The molecule has 7 nitrogen and oxygen atoms in total. The van der Waals surface area contributed by atoms with Gasteiger partial charge in [0, 0.05) is 19.6 Å². The Morgan fingerprint density at radius 1 is 1.00 bits per heavy atom. The molecule has 30 heavy (non-hydrogen) atoms. The van der Waals surface area contributed by atoms with Crippen molar-refractivity contribution in [3.63, 3.8) is 0 Å². The molecule has 9 heteroatoms. The van der Waals surface area contributed by atoms with E-state index in [1.165, 1.54) is 22.5 Å². The fourth-order valence-corrected chi connectivity index (χ4v) is 5.35. The second-order valence-corrected chi connectivity index (χ2v) is 9.68. The highest BCUT2D eigenvalue weighted by molar-refractivity contribution is 7.89. The zero-order valence-corrected chi connectivity index (χ0v) is 18.0. The molecular formula is C21H23ClN2O5S. The summed E-state index contributed by atoms with van der Waals surface area (Å²) in [5, 5.41) is 2.99. The molecule has 2 heterocycles. The number of sulfonamides is 1. The van der Waals surface area contributed by atoms with Crippen LogP contribution >= 0.6 is 11.6 Å². The molecule has 2 aliphatic rings. The highest BCUT2D eigenvalue weighted by atomic mass is 35.5. The second-order valence-electron chi connectivity index (χ2n) is 7.33. The SMILES string of the molecule is O=C(NCc1ccc2c(c1)OCO2)c1cc(S(=O)(=O)N2CCCCCC2)ccc1Cl. The van der Waals surface area contributed by atoms with Gasteiger partial charge in [-0.05, 0) is 48.7 Å². The first kappa shape index (κ1) is 21.0. The maximum atomic E-state index is 13.0. The molecule has 1 fully saturated rings.